The molecule has 1 aromatic heterocycles. The van der Waals surface area contributed by atoms with Crippen molar-refractivity contribution in [1.82, 2.24) is 10.3 Å². The van der Waals surface area contributed by atoms with Gasteiger partial charge in [-0.2, -0.15) is 0 Å². The number of halogens is 1. The second kappa shape index (κ2) is 5.95. The molecular weight excluding hydrogens is 291 g/mol. The van der Waals surface area contributed by atoms with Crippen molar-refractivity contribution in [3.8, 4) is 0 Å². The van der Waals surface area contributed by atoms with Crippen molar-refractivity contribution in [3.63, 3.8) is 0 Å². The molecule has 1 heterocycles. The minimum atomic E-state index is -0.0760. The summed E-state index contributed by atoms with van der Waals surface area (Å²) in [7, 11) is 0. The van der Waals surface area contributed by atoms with Gasteiger partial charge < -0.3 is 5.32 Å². The molecule has 76 valence electrons. The van der Waals surface area contributed by atoms with Crippen LogP contribution in [0.2, 0.25) is 0 Å². The number of pyridine rings is 1. The molecule has 0 aliphatic rings. The Morgan fingerprint density at radius 1 is 1.64 bits per heavy atom. The van der Waals surface area contributed by atoms with Crippen LogP contribution in [-0.4, -0.2) is 21.9 Å². The van der Waals surface area contributed by atoms with Crippen LogP contribution in [-0.2, 0) is 0 Å². The fourth-order valence-corrected chi connectivity index (χ4v) is 1.46. The van der Waals surface area contributed by atoms with E-state index in [4.69, 9.17) is 0 Å². The Morgan fingerprint density at radius 3 is 3.07 bits per heavy atom. The Kier molecular flexibility index (Phi) is 4.86. The summed E-state index contributed by atoms with van der Waals surface area (Å²) in [5.74, 6) is -0.0760. The van der Waals surface area contributed by atoms with Gasteiger partial charge in [-0.05, 0) is 25.0 Å². The van der Waals surface area contributed by atoms with Crippen molar-refractivity contribution < 1.29 is 4.79 Å². The van der Waals surface area contributed by atoms with Crippen LogP contribution in [0.15, 0.2) is 18.3 Å². The Labute approximate surface area is 97.4 Å². The standard InChI is InChI=1S/C10H13IN2O/c1-8-4-2-6-12-9(8)10(14)13-7-3-5-11/h2,4,6H,3,5,7H2,1H3,(H,13,14). The van der Waals surface area contributed by atoms with Crippen LogP contribution in [0.1, 0.15) is 22.5 Å². The van der Waals surface area contributed by atoms with Crippen LogP contribution in [0.5, 0.6) is 0 Å². The van der Waals surface area contributed by atoms with Crippen LogP contribution >= 0.6 is 22.6 Å². The Balaban J connectivity index is 2.56. The summed E-state index contributed by atoms with van der Waals surface area (Å²) in [6, 6.07) is 3.72. The van der Waals surface area contributed by atoms with E-state index in [1.54, 1.807) is 6.20 Å². The zero-order valence-corrected chi connectivity index (χ0v) is 10.2. The van der Waals surface area contributed by atoms with Crippen LogP contribution in [0.4, 0.5) is 0 Å². The van der Waals surface area contributed by atoms with E-state index in [9.17, 15) is 4.79 Å². The summed E-state index contributed by atoms with van der Waals surface area (Å²) in [5.41, 5.74) is 1.44. The zero-order chi connectivity index (χ0) is 10.4. The minimum absolute atomic E-state index is 0.0760. The lowest BCUT2D eigenvalue weighted by Crippen LogP contribution is -2.26. The van der Waals surface area contributed by atoms with Gasteiger partial charge in [0.15, 0.2) is 0 Å². The molecule has 0 saturated heterocycles. The fraction of sp³-hybridized carbons (Fsp3) is 0.400. The van der Waals surface area contributed by atoms with Crippen LogP contribution in [0, 0.1) is 6.92 Å². The van der Waals surface area contributed by atoms with Crippen molar-refractivity contribution >= 4 is 28.5 Å². The van der Waals surface area contributed by atoms with Gasteiger partial charge in [-0.1, -0.05) is 28.7 Å². The van der Waals surface area contributed by atoms with Crippen molar-refractivity contribution in [2.45, 2.75) is 13.3 Å². The third-order valence-electron chi connectivity index (χ3n) is 1.82. The molecule has 0 bridgehead atoms. The maximum absolute atomic E-state index is 11.6. The zero-order valence-electron chi connectivity index (χ0n) is 8.09. The maximum atomic E-state index is 11.6. The largest absolute Gasteiger partial charge is 0.351 e. The summed E-state index contributed by atoms with van der Waals surface area (Å²) in [6.45, 7) is 2.61. The number of aromatic nitrogens is 1. The molecule has 4 heteroatoms. The van der Waals surface area contributed by atoms with Gasteiger partial charge in [-0.3, -0.25) is 9.78 Å². The maximum Gasteiger partial charge on any atom is 0.270 e. The molecule has 0 radical (unpaired) electrons. The van der Waals surface area contributed by atoms with E-state index >= 15 is 0 Å². The summed E-state index contributed by atoms with van der Waals surface area (Å²) in [5, 5.41) is 2.83. The van der Waals surface area contributed by atoms with Gasteiger partial charge in [0.1, 0.15) is 5.69 Å². The lowest BCUT2D eigenvalue weighted by Gasteiger charge is -2.04. The highest BCUT2D eigenvalue weighted by atomic mass is 127. The van der Waals surface area contributed by atoms with Gasteiger partial charge in [0.25, 0.3) is 5.91 Å². The number of alkyl halides is 1. The summed E-state index contributed by atoms with van der Waals surface area (Å²) >= 11 is 2.29. The van der Waals surface area contributed by atoms with Gasteiger partial charge in [-0.15, -0.1) is 0 Å². The predicted octanol–water partition coefficient (Wildman–Crippen LogP) is 1.94. The van der Waals surface area contributed by atoms with E-state index < -0.39 is 0 Å². The molecule has 3 nitrogen and oxygen atoms in total. The highest BCUT2D eigenvalue weighted by Crippen LogP contribution is 2.02. The second-order valence-electron chi connectivity index (χ2n) is 2.97. The molecular formula is C10H13IN2O. The first kappa shape index (κ1) is 11.4. The van der Waals surface area contributed by atoms with E-state index in [2.05, 4.69) is 32.9 Å². The van der Waals surface area contributed by atoms with E-state index in [1.165, 1.54) is 0 Å². The van der Waals surface area contributed by atoms with Gasteiger partial charge >= 0.3 is 0 Å². The average molecular weight is 304 g/mol. The average Bonchev–Trinajstić information content (AvgIpc) is 2.18. The highest BCUT2D eigenvalue weighted by Gasteiger charge is 2.08. The Morgan fingerprint density at radius 2 is 2.43 bits per heavy atom. The molecule has 1 amide bonds. The van der Waals surface area contributed by atoms with Crippen molar-refractivity contribution in [2.24, 2.45) is 0 Å². The summed E-state index contributed by atoms with van der Waals surface area (Å²) < 4.78 is 1.05. The molecule has 0 aliphatic heterocycles. The van der Waals surface area contributed by atoms with E-state index in [0.717, 1.165) is 23.0 Å². The van der Waals surface area contributed by atoms with Gasteiger partial charge in [-0.25, -0.2) is 0 Å². The van der Waals surface area contributed by atoms with Crippen LogP contribution in [0.25, 0.3) is 0 Å². The number of carbonyl (C=O) groups is 1. The third kappa shape index (κ3) is 3.25. The lowest BCUT2D eigenvalue weighted by molar-refractivity contribution is 0.0948. The quantitative estimate of drug-likeness (QED) is 0.525. The summed E-state index contributed by atoms with van der Waals surface area (Å²) in [6.07, 6.45) is 2.64. The topological polar surface area (TPSA) is 42.0 Å². The monoisotopic (exact) mass is 304 g/mol. The third-order valence-corrected chi connectivity index (χ3v) is 2.58. The van der Waals surface area contributed by atoms with E-state index in [0.29, 0.717) is 5.69 Å². The normalized spacial score (nSPS) is 9.86. The number of hydrogen-bond donors (Lipinski definition) is 1. The Hall–Kier alpha value is -0.650. The van der Waals surface area contributed by atoms with Gasteiger partial charge in [0.05, 0.1) is 0 Å². The minimum Gasteiger partial charge on any atom is -0.351 e. The molecule has 0 aromatic carbocycles. The van der Waals surface area contributed by atoms with E-state index in [-0.39, 0.29) is 5.91 Å². The molecule has 1 N–H and O–H groups in total. The molecule has 1 rings (SSSR count). The number of rotatable bonds is 4. The van der Waals surface area contributed by atoms with E-state index in [1.807, 2.05) is 19.1 Å². The lowest BCUT2D eigenvalue weighted by atomic mass is 10.2. The number of nitrogens with zero attached hydrogens (tertiary/aromatic N) is 1. The first-order chi connectivity index (χ1) is 6.75. The second-order valence-corrected chi connectivity index (χ2v) is 4.05. The van der Waals surface area contributed by atoms with Crippen LogP contribution < -0.4 is 5.32 Å². The number of amides is 1. The predicted molar refractivity (Wildman–Crippen MR) is 64.8 cm³/mol. The SMILES string of the molecule is Cc1cccnc1C(=O)NCCCI. The number of carbonyl (C=O) groups excluding carboxylic acids is 1. The summed E-state index contributed by atoms with van der Waals surface area (Å²) in [4.78, 5) is 15.6. The number of nitrogens with one attached hydrogen (secondary N) is 1. The number of aryl methyl sites for hydroxylation is 1. The highest BCUT2D eigenvalue weighted by molar-refractivity contribution is 14.1. The first-order valence-electron chi connectivity index (χ1n) is 4.51. The molecule has 0 saturated carbocycles. The molecule has 14 heavy (non-hydrogen) atoms. The molecule has 0 spiro atoms. The van der Waals surface area contributed by atoms with Gasteiger partial charge in [0, 0.05) is 17.2 Å². The molecule has 1 aromatic rings. The Bertz CT molecular complexity index is 315. The van der Waals surface area contributed by atoms with Gasteiger partial charge in [0.2, 0.25) is 0 Å². The van der Waals surface area contributed by atoms with Crippen molar-refractivity contribution in [2.75, 3.05) is 11.0 Å². The molecule has 0 fully saturated rings. The number of hydrogen-bond acceptors (Lipinski definition) is 2. The molecule has 0 aliphatic carbocycles. The first-order valence-corrected chi connectivity index (χ1v) is 6.04. The fourth-order valence-electron chi connectivity index (χ4n) is 1.08. The van der Waals surface area contributed by atoms with Crippen molar-refractivity contribution in [1.29, 1.82) is 0 Å². The smallest absolute Gasteiger partial charge is 0.270 e. The van der Waals surface area contributed by atoms with Crippen LogP contribution in [0.3, 0.4) is 0 Å². The molecule has 0 atom stereocenters. The molecule has 0 unspecified atom stereocenters. The van der Waals surface area contributed by atoms with Crippen molar-refractivity contribution in [3.05, 3.63) is 29.6 Å².